The van der Waals surface area contributed by atoms with Crippen LogP contribution in [0, 0.1) is 46.3 Å². The predicted octanol–water partition coefficient (Wildman–Crippen LogP) is 5.34. The summed E-state index contributed by atoms with van der Waals surface area (Å²) in [6.45, 7) is 4.08. The molecule has 2 atom stereocenters. The zero-order valence-electron chi connectivity index (χ0n) is 36.3. The van der Waals surface area contributed by atoms with Gasteiger partial charge in [0.2, 0.25) is 23.6 Å². The molecule has 330 valence electrons. The van der Waals surface area contributed by atoms with Gasteiger partial charge in [0.1, 0.15) is 0 Å². The maximum atomic E-state index is 13.7. The van der Waals surface area contributed by atoms with E-state index < -0.39 is 0 Å². The Kier molecular flexibility index (Phi) is 12.7. The van der Waals surface area contributed by atoms with Crippen molar-refractivity contribution in [3.8, 4) is 0 Å². The van der Waals surface area contributed by atoms with Crippen LogP contribution in [0.15, 0.2) is 24.3 Å². The summed E-state index contributed by atoms with van der Waals surface area (Å²) >= 11 is 0. The van der Waals surface area contributed by atoms with Gasteiger partial charge in [-0.15, -0.1) is 0 Å². The Morgan fingerprint density at radius 1 is 0.567 bits per heavy atom. The summed E-state index contributed by atoms with van der Waals surface area (Å²) in [6.07, 6.45) is 22.3. The first kappa shape index (κ1) is 42.3. The lowest BCUT2D eigenvalue weighted by atomic mass is 9.49. The smallest absolute Gasteiger partial charge is 0.242 e. The molecule has 10 fully saturated rings. The fourth-order valence-electron chi connectivity index (χ4n) is 15.1. The molecule has 8 aliphatic carbocycles. The van der Waals surface area contributed by atoms with Crippen LogP contribution in [0.25, 0.3) is 0 Å². The van der Waals surface area contributed by atoms with E-state index in [1.165, 1.54) is 77.0 Å². The molecule has 2 aliphatic heterocycles. The van der Waals surface area contributed by atoms with Gasteiger partial charge in [0.25, 0.3) is 0 Å². The minimum Gasteiger partial charge on any atom is -0.352 e. The average Bonchev–Trinajstić information content (AvgIpc) is 3.73. The number of nitrogens with zero attached hydrogens (tertiary/aromatic N) is 4. The zero-order chi connectivity index (χ0) is 41.4. The van der Waals surface area contributed by atoms with E-state index in [9.17, 15) is 19.2 Å². The second-order valence-corrected chi connectivity index (χ2v) is 21.8. The van der Waals surface area contributed by atoms with Gasteiger partial charge < -0.3 is 22.1 Å². The van der Waals surface area contributed by atoms with Crippen LogP contribution in [0.4, 0.5) is 11.4 Å². The molecule has 12 nitrogen and oxygen atoms in total. The highest BCUT2D eigenvalue weighted by atomic mass is 16.2. The second-order valence-electron chi connectivity index (χ2n) is 21.8. The maximum absolute atomic E-state index is 13.7. The van der Waals surface area contributed by atoms with Crippen LogP contribution in [-0.4, -0.2) is 98.1 Å². The minimum atomic E-state index is -0.0208. The molecule has 6 N–H and O–H groups in total. The Morgan fingerprint density at radius 2 is 0.900 bits per heavy atom. The van der Waals surface area contributed by atoms with Gasteiger partial charge in [0.05, 0.1) is 26.4 Å². The summed E-state index contributed by atoms with van der Waals surface area (Å²) in [5.74, 6) is 5.36. The SMILES string of the molecule is NCCCC[C@@H](CN1CC(=O)N(c2ccc(N3CN(C[C@H](CCCCN)NC(=O)CC45CC6CC(CC(C6)C4)C5)CC3=O)cc2)C1)NC(=O)CC12CC3CC(CC(C3)C1)C2. The summed E-state index contributed by atoms with van der Waals surface area (Å²) in [5.41, 5.74) is 13.7. The molecule has 0 unspecified atom stereocenters. The summed E-state index contributed by atoms with van der Waals surface area (Å²) in [4.78, 5) is 62.1. The van der Waals surface area contributed by atoms with E-state index in [4.69, 9.17) is 11.5 Å². The van der Waals surface area contributed by atoms with Crippen molar-refractivity contribution in [2.75, 3.05) is 62.4 Å². The molecule has 2 heterocycles. The van der Waals surface area contributed by atoms with Gasteiger partial charge in [-0.05, 0) is 186 Å². The highest BCUT2D eigenvalue weighted by Crippen LogP contribution is 2.62. The van der Waals surface area contributed by atoms with Crippen LogP contribution in [0.2, 0.25) is 0 Å². The highest BCUT2D eigenvalue weighted by molar-refractivity contribution is 5.98. The molecule has 11 rings (SSSR count). The van der Waals surface area contributed by atoms with Crippen LogP contribution < -0.4 is 31.9 Å². The molecule has 0 radical (unpaired) electrons. The minimum absolute atomic E-state index is 0.0208. The molecule has 1 aromatic carbocycles. The van der Waals surface area contributed by atoms with Gasteiger partial charge >= 0.3 is 0 Å². The van der Waals surface area contributed by atoms with Gasteiger partial charge in [-0.3, -0.25) is 38.8 Å². The quantitative estimate of drug-likeness (QED) is 0.129. The van der Waals surface area contributed by atoms with Gasteiger partial charge in [0, 0.05) is 49.4 Å². The van der Waals surface area contributed by atoms with E-state index in [1.54, 1.807) is 0 Å². The van der Waals surface area contributed by atoms with E-state index in [2.05, 4.69) is 20.4 Å². The number of nitrogens with two attached hydrogens (primary N) is 2. The fraction of sp³-hybridized carbons (Fsp3) is 0.792. The first-order valence-corrected chi connectivity index (χ1v) is 24.2. The normalized spacial score (nSPS) is 34.2. The van der Waals surface area contributed by atoms with Crippen molar-refractivity contribution in [3.05, 3.63) is 24.3 Å². The lowest BCUT2D eigenvalue weighted by molar-refractivity contribution is -0.131. The molecule has 8 saturated carbocycles. The number of nitrogens with one attached hydrogen (secondary N) is 2. The first-order valence-electron chi connectivity index (χ1n) is 24.2. The number of hydrogen-bond acceptors (Lipinski definition) is 8. The van der Waals surface area contributed by atoms with Crippen LogP contribution in [0.3, 0.4) is 0 Å². The van der Waals surface area contributed by atoms with E-state index in [-0.39, 0.29) is 46.5 Å². The highest BCUT2D eigenvalue weighted by Gasteiger charge is 2.53. The largest absolute Gasteiger partial charge is 0.352 e. The van der Waals surface area contributed by atoms with Gasteiger partial charge in [-0.2, -0.15) is 0 Å². The van der Waals surface area contributed by atoms with Crippen molar-refractivity contribution in [3.63, 3.8) is 0 Å². The summed E-state index contributed by atoms with van der Waals surface area (Å²) in [7, 11) is 0. The lowest BCUT2D eigenvalue weighted by Gasteiger charge is -2.56. The number of anilines is 2. The van der Waals surface area contributed by atoms with Gasteiger partial charge in [-0.1, -0.05) is 12.8 Å². The fourth-order valence-corrected chi connectivity index (χ4v) is 15.1. The topological polar surface area (TPSA) is 157 Å². The first-order chi connectivity index (χ1) is 29.0. The van der Waals surface area contributed by atoms with Crippen molar-refractivity contribution in [1.29, 1.82) is 0 Å². The monoisotopic (exact) mass is 827 g/mol. The van der Waals surface area contributed by atoms with Crippen molar-refractivity contribution in [1.82, 2.24) is 20.4 Å². The number of carbonyl (C=O) groups excluding carboxylic acids is 4. The van der Waals surface area contributed by atoms with Crippen molar-refractivity contribution in [2.45, 2.75) is 141 Å². The van der Waals surface area contributed by atoms with E-state index in [1.807, 2.05) is 34.1 Å². The van der Waals surface area contributed by atoms with Crippen molar-refractivity contribution < 1.29 is 19.2 Å². The molecule has 60 heavy (non-hydrogen) atoms. The van der Waals surface area contributed by atoms with E-state index in [0.717, 1.165) is 85.4 Å². The average molecular weight is 827 g/mol. The Balaban J connectivity index is 0.773. The standard InChI is InChI=1S/C48H74N8O4/c49-11-3-1-5-39(51-43(57)25-47-19-33-13-34(20-47)15-35(14-33)21-47)27-53-29-45(59)55(31-53)41-7-9-42(10-8-41)56-32-54(30-46(56)60)28-40(6-2-4-12-50)52-44(58)26-48-22-36-16-37(23-48)18-38(17-36)24-48/h7-10,33-40H,1-6,11-32,49-50H2,(H,51,57)(H,52,58)/t33?,34?,35?,36?,37?,38?,39-,40-,47?,48?/m0/s1. The summed E-state index contributed by atoms with van der Waals surface area (Å²) in [6, 6.07) is 7.73. The van der Waals surface area contributed by atoms with Crippen molar-refractivity contribution in [2.24, 2.45) is 57.8 Å². The number of amides is 4. The van der Waals surface area contributed by atoms with Crippen molar-refractivity contribution >= 4 is 35.0 Å². The third-order valence-electron chi connectivity index (χ3n) is 16.6. The Morgan fingerprint density at radius 3 is 1.22 bits per heavy atom. The maximum Gasteiger partial charge on any atom is 0.242 e. The summed E-state index contributed by atoms with van der Waals surface area (Å²) < 4.78 is 0. The molecule has 1 aromatic rings. The number of benzene rings is 1. The Labute approximate surface area is 358 Å². The number of rotatable bonds is 20. The molecule has 2 saturated heterocycles. The lowest BCUT2D eigenvalue weighted by Crippen LogP contribution is -2.50. The summed E-state index contributed by atoms with van der Waals surface area (Å²) in [5, 5.41) is 6.87. The molecule has 12 heteroatoms. The Hall–Kier alpha value is -3.06. The third kappa shape index (κ3) is 9.61. The van der Waals surface area contributed by atoms with Crippen LogP contribution in [-0.2, 0) is 19.2 Å². The molecule has 0 aromatic heterocycles. The van der Waals surface area contributed by atoms with E-state index in [0.29, 0.717) is 65.4 Å². The van der Waals surface area contributed by atoms with E-state index >= 15 is 0 Å². The molecule has 4 amide bonds. The molecule has 10 aliphatic rings. The molecule has 0 spiro atoms. The third-order valence-corrected chi connectivity index (χ3v) is 16.6. The zero-order valence-corrected chi connectivity index (χ0v) is 36.3. The molecular weight excluding hydrogens is 753 g/mol. The van der Waals surface area contributed by atoms with Crippen LogP contribution in [0.5, 0.6) is 0 Å². The van der Waals surface area contributed by atoms with Crippen LogP contribution in [0.1, 0.15) is 128 Å². The number of hydrogen-bond donors (Lipinski definition) is 4. The van der Waals surface area contributed by atoms with Gasteiger partial charge in [-0.25, -0.2) is 0 Å². The number of carbonyl (C=O) groups is 4. The Bertz CT molecular complexity index is 1520. The second kappa shape index (κ2) is 18.0. The molecular formula is C48H74N8O4. The predicted molar refractivity (Wildman–Crippen MR) is 234 cm³/mol. The van der Waals surface area contributed by atoms with Gasteiger partial charge in [0.15, 0.2) is 0 Å². The molecule has 8 bridgehead atoms. The number of unbranched alkanes of at least 4 members (excludes halogenated alkanes) is 2. The van der Waals surface area contributed by atoms with Crippen LogP contribution >= 0.6 is 0 Å².